The van der Waals surface area contributed by atoms with Crippen molar-refractivity contribution in [1.29, 1.82) is 5.26 Å². The first kappa shape index (κ1) is 12.6. The van der Waals surface area contributed by atoms with Gasteiger partial charge in [0.05, 0.1) is 18.0 Å². The Morgan fingerprint density at radius 1 is 1.50 bits per heavy atom. The maximum atomic E-state index is 11.7. The molecule has 2 atom stereocenters. The van der Waals surface area contributed by atoms with E-state index in [0.717, 1.165) is 18.5 Å². The van der Waals surface area contributed by atoms with Gasteiger partial charge in [0.15, 0.2) is 0 Å². The van der Waals surface area contributed by atoms with E-state index in [-0.39, 0.29) is 17.9 Å². The predicted molar refractivity (Wildman–Crippen MR) is 68.8 cm³/mol. The molecule has 2 rings (SSSR count). The van der Waals surface area contributed by atoms with Crippen molar-refractivity contribution in [2.24, 2.45) is 0 Å². The summed E-state index contributed by atoms with van der Waals surface area (Å²) >= 11 is 0. The van der Waals surface area contributed by atoms with Crippen LogP contribution in [0.1, 0.15) is 17.9 Å². The maximum absolute atomic E-state index is 11.7. The minimum Gasteiger partial charge on any atom is -0.344 e. The molecule has 1 aliphatic heterocycles. The quantitative estimate of drug-likeness (QED) is 0.862. The first-order valence-corrected chi connectivity index (χ1v) is 6.15. The molecule has 18 heavy (non-hydrogen) atoms. The van der Waals surface area contributed by atoms with Crippen LogP contribution in [0.15, 0.2) is 30.3 Å². The average molecular weight is 243 g/mol. The van der Waals surface area contributed by atoms with Gasteiger partial charge < -0.3 is 10.2 Å². The lowest BCUT2D eigenvalue weighted by molar-refractivity contribution is -0.128. The first-order chi connectivity index (χ1) is 8.72. The third kappa shape index (κ3) is 2.69. The van der Waals surface area contributed by atoms with Crippen LogP contribution in [-0.2, 0) is 4.79 Å². The molecule has 1 aromatic rings. The zero-order valence-corrected chi connectivity index (χ0v) is 10.5. The lowest BCUT2D eigenvalue weighted by Crippen LogP contribution is -2.38. The number of nitrogens with zero attached hydrogens (tertiary/aromatic N) is 2. The Morgan fingerprint density at radius 3 is 2.78 bits per heavy atom. The van der Waals surface area contributed by atoms with Gasteiger partial charge in [-0.1, -0.05) is 30.3 Å². The number of amides is 1. The van der Waals surface area contributed by atoms with Crippen molar-refractivity contribution < 1.29 is 4.79 Å². The first-order valence-electron chi connectivity index (χ1n) is 6.15. The molecular formula is C14H17N3O. The summed E-state index contributed by atoms with van der Waals surface area (Å²) in [4.78, 5) is 13.4. The van der Waals surface area contributed by atoms with Crippen molar-refractivity contribution in [3.05, 3.63) is 35.9 Å². The van der Waals surface area contributed by atoms with Gasteiger partial charge in [-0.25, -0.2) is 0 Å². The molecule has 1 amide bonds. The number of carbonyl (C=O) groups excluding carboxylic acids is 1. The molecule has 0 radical (unpaired) electrons. The topological polar surface area (TPSA) is 56.1 Å². The highest BCUT2D eigenvalue weighted by atomic mass is 16.2. The van der Waals surface area contributed by atoms with Crippen LogP contribution in [0.2, 0.25) is 0 Å². The maximum Gasteiger partial charge on any atom is 0.239 e. The van der Waals surface area contributed by atoms with Crippen LogP contribution in [0.4, 0.5) is 0 Å². The second kappa shape index (κ2) is 5.65. The number of hydrogen-bond acceptors (Lipinski definition) is 3. The van der Waals surface area contributed by atoms with E-state index in [1.807, 2.05) is 37.4 Å². The standard InChI is InChI=1S/C14H17N3O/c1-17-8-7-13(14(17)18)16-10-12(9-15)11-5-3-2-4-6-11/h2-6,12-13,16H,7-8,10H2,1H3. The van der Waals surface area contributed by atoms with E-state index in [4.69, 9.17) is 0 Å². The van der Waals surface area contributed by atoms with Gasteiger partial charge in [0.1, 0.15) is 0 Å². The molecule has 1 saturated heterocycles. The largest absolute Gasteiger partial charge is 0.344 e. The third-order valence-electron chi connectivity index (χ3n) is 3.35. The summed E-state index contributed by atoms with van der Waals surface area (Å²) in [6, 6.07) is 11.8. The summed E-state index contributed by atoms with van der Waals surface area (Å²) < 4.78 is 0. The van der Waals surface area contributed by atoms with Crippen LogP contribution >= 0.6 is 0 Å². The van der Waals surface area contributed by atoms with Crippen molar-refractivity contribution in [3.63, 3.8) is 0 Å². The Morgan fingerprint density at radius 2 is 2.22 bits per heavy atom. The fourth-order valence-corrected chi connectivity index (χ4v) is 2.20. The van der Waals surface area contributed by atoms with Crippen molar-refractivity contribution in [2.45, 2.75) is 18.4 Å². The summed E-state index contributed by atoms with van der Waals surface area (Å²) in [6.07, 6.45) is 0.822. The third-order valence-corrected chi connectivity index (χ3v) is 3.35. The number of likely N-dealkylation sites (tertiary alicyclic amines) is 1. The molecule has 0 bridgehead atoms. The lowest BCUT2D eigenvalue weighted by Gasteiger charge is -2.15. The fraction of sp³-hybridized carbons (Fsp3) is 0.429. The van der Waals surface area contributed by atoms with Crippen molar-refractivity contribution in [2.75, 3.05) is 20.1 Å². The summed E-state index contributed by atoms with van der Waals surface area (Å²) in [5.74, 6) is -0.0790. The second-order valence-corrected chi connectivity index (χ2v) is 4.60. The van der Waals surface area contributed by atoms with Crippen LogP contribution in [0, 0.1) is 11.3 Å². The molecule has 1 N–H and O–H groups in total. The van der Waals surface area contributed by atoms with Gasteiger partial charge in [-0.2, -0.15) is 5.26 Å². The molecule has 1 fully saturated rings. The van der Waals surface area contributed by atoms with Crippen molar-refractivity contribution >= 4 is 5.91 Å². The van der Waals surface area contributed by atoms with Gasteiger partial charge in [0.25, 0.3) is 0 Å². The van der Waals surface area contributed by atoms with Crippen LogP contribution < -0.4 is 5.32 Å². The molecule has 94 valence electrons. The van der Waals surface area contributed by atoms with E-state index in [0.29, 0.717) is 6.54 Å². The van der Waals surface area contributed by atoms with Gasteiger partial charge >= 0.3 is 0 Å². The molecule has 0 aliphatic carbocycles. The number of nitriles is 1. The summed E-state index contributed by atoms with van der Waals surface area (Å²) in [5, 5.41) is 12.4. The molecule has 1 heterocycles. The Labute approximate surface area is 107 Å². The fourth-order valence-electron chi connectivity index (χ4n) is 2.20. The molecule has 0 aromatic heterocycles. The van der Waals surface area contributed by atoms with E-state index in [1.165, 1.54) is 0 Å². The van der Waals surface area contributed by atoms with Crippen LogP contribution in [0.3, 0.4) is 0 Å². The van der Waals surface area contributed by atoms with Gasteiger partial charge in [0, 0.05) is 20.1 Å². The van der Waals surface area contributed by atoms with Crippen LogP contribution in [-0.4, -0.2) is 37.0 Å². The SMILES string of the molecule is CN1CCC(NCC(C#N)c2ccccc2)C1=O. The number of hydrogen-bond donors (Lipinski definition) is 1. The van der Waals surface area contributed by atoms with E-state index < -0.39 is 0 Å². The zero-order valence-electron chi connectivity index (χ0n) is 10.5. The number of benzene rings is 1. The minimum atomic E-state index is -0.204. The molecule has 0 saturated carbocycles. The second-order valence-electron chi connectivity index (χ2n) is 4.60. The highest BCUT2D eigenvalue weighted by Crippen LogP contribution is 2.15. The van der Waals surface area contributed by atoms with E-state index in [9.17, 15) is 10.1 Å². The normalized spacial score (nSPS) is 20.8. The predicted octanol–water partition coefficient (Wildman–Crippen LogP) is 1.11. The number of carbonyl (C=O) groups is 1. The Hall–Kier alpha value is -1.86. The van der Waals surface area contributed by atoms with E-state index >= 15 is 0 Å². The Kier molecular flexibility index (Phi) is 3.96. The highest BCUT2D eigenvalue weighted by Gasteiger charge is 2.29. The monoisotopic (exact) mass is 243 g/mol. The summed E-state index contributed by atoms with van der Waals surface area (Å²) in [7, 11) is 1.81. The smallest absolute Gasteiger partial charge is 0.239 e. The van der Waals surface area contributed by atoms with Crippen LogP contribution in [0.25, 0.3) is 0 Å². The Balaban J connectivity index is 1.93. The van der Waals surface area contributed by atoms with Crippen molar-refractivity contribution in [3.8, 4) is 6.07 Å². The molecule has 1 aromatic carbocycles. The summed E-state index contributed by atoms with van der Waals surface area (Å²) in [6.45, 7) is 1.31. The summed E-state index contributed by atoms with van der Waals surface area (Å²) in [5.41, 5.74) is 0.992. The molecule has 1 aliphatic rings. The lowest BCUT2D eigenvalue weighted by atomic mass is 10.0. The van der Waals surface area contributed by atoms with Crippen molar-refractivity contribution in [1.82, 2.24) is 10.2 Å². The van der Waals surface area contributed by atoms with Gasteiger partial charge in [-0.15, -0.1) is 0 Å². The van der Waals surface area contributed by atoms with Crippen LogP contribution in [0.5, 0.6) is 0 Å². The highest BCUT2D eigenvalue weighted by molar-refractivity contribution is 5.83. The molecule has 2 unspecified atom stereocenters. The number of likely N-dealkylation sites (N-methyl/N-ethyl adjacent to an activating group) is 1. The molecule has 4 nitrogen and oxygen atoms in total. The van der Waals surface area contributed by atoms with Gasteiger partial charge in [0.2, 0.25) is 5.91 Å². The minimum absolute atomic E-state index is 0.125. The molecule has 0 spiro atoms. The number of nitrogens with one attached hydrogen (secondary N) is 1. The van der Waals surface area contributed by atoms with E-state index in [1.54, 1.807) is 4.90 Å². The Bertz CT molecular complexity index is 452. The van der Waals surface area contributed by atoms with E-state index in [2.05, 4.69) is 11.4 Å². The van der Waals surface area contributed by atoms with Gasteiger partial charge in [-0.3, -0.25) is 4.79 Å². The molecular weight excluding hydrogens is 226 g/mol. The number of rotatable bonds is 4. The van der Waals surface area contributed by atoms with Gasteiger partial charge in [-0.05, 0) is 12.0 Å². The zero-order chi connectivity index (χ0) is 13.0. The molecule has 4 heteroatoms. The average Bonchev–Trinajstić information content (AvgIpc) is 2.72.